The zero-order chi connectivity index (χ0) is 12.4. The SMILES string of the molecule is CCCCCC(=O)OCCCOP(=O)(O)O. The van der Waals surface area contributed by atoms with E-state index in [0.717, 1.165) is 19.3 Å². The van der Waals surface area contributed by atoms with Gasteiger partial charge in [0.15, 0.2) is 0 Å². The van der Waals surface area contributed by atoms with E-state index in [1.54, 1.807) is 0 Å². The van der Waals surface area contributed by atoms with Gasteiger partial charge in [0, 0.05) is 12.8 Å². The van der Waals surface area contributed by atoms with Gasteiger partial charge in [0.05, 0.1) is 13.2 Å². The average Bonchev–Trinajstić information content (AvgIpc) is 2.16. The summed E-state index contributed by atoms with van der Waals surface area (Å²) in [5.41, 5.74) is 0. The third-order valence-electron chi connectivity index (χ3n) is 1.80. The van der Waals surface area contributed by atoms with E-state index in [4.69, 9.17) is 14.5 Å². The standard InChI is InChI=1S/C9H19O6P/c1-2-3-4-6-9(10)14-7-5-8-15-16(11,12)13/h2-8H2,1H3,(H2,11,12,13). The second kappa shape index (κ2) is 8.70. The molecule has 0 fully saturated rings. The maximum absolute atomic E-state index is 11.1. The molecule has 0 saturated heterocycles. The van der Waals surface area contributed by atoms with Crippen LogP contribution in [-0.2, 0) is 18.6 Å². The van der Waals surface area contributed by atoms with Gasteiger partial charge in [-0.1, -0.05) is 19.8 Å². The minimum absolute atomic E-state index is 0.119. The lowest BCUT2D eigenvalue weighted by atomic mass is 10.2. The van der Waals surface area contributed by atoms with Crippen molar-refractivity contribution in [2.24, 2.45) is 0 Å². The highest BCUT2D eigenvalue weighted by molar-refractivity contribution is 7.46. The van der Waals surface area contributed by atoms with Crippen molar-refractivity contribution < 1.29 is 28.4 Å². The molecular weight excluding hydrogens is 235 g/mol. The fourth-order valence-corrected chi connectivity index (χ4v) is 1.39. The van der Waals surface area contributed by atoms with Gasteiger partial charge in [0.2, 0.25) is 0 Å². The van der Waals surface area contributed by atoms with Crippen LogP contribution in [0.15, 0.2) is 0 Å². The highest BCUT2D eigenvalue weighted by Crippen LogP contribution is 2.35. The maximum atomic E-state index is 11.1. The second-order valence-electron chi connectivity index (χ2n) is 3.35. The molecule has 0 unspecified atom stereocenters. The molecule has 2 N–H and O–H groups in total. The molecule has 0 aliphatic rings. The number of unbranched alkanes of at least 4 members (excludes halogenated alkanes) is 2. The molecule has 0 aromatic rings. The van der Waals surface area contributed by atoms with Crippen LogP contribution >= 0.6 is 7.82 Å². The summed E-state index contributed by atoms with van der Waals surface area (Å²) in [6.45, 7) is 2.06. The lowest BCUT2D eigenvalue weighted by Crippen LogP contribution is -2.07. The molecule has 0 atom stereocenters. The van der Waals surface area contributed by atoms with Crippen LogP contribution in [0.5, 0.6) is 0 Å². The molecule has 0 rings (SSSR count). The predicted molar refractivity (Wildman–Crippen MR) is 57.7 cm³/mol. The number of carbonyl (C=O) groups is 1. The zero-order valence-electron chi connectivity index (χ0n) is 9.42. The summed E-state index contributed by atoms with van der Waals surface area (Å²) in [5.74, 6) is -0.273. The largest absolute Gasteiger partial charge is 0.469 e. The third-order valence-corrected chi connectivity index (χ3v) is 2.31. The van der Waals surface area contributed by atoms with E-state index in [1.807, 2.05) is 6.92 Å². The number of hydrogen-bond donors (Lipinski definition) is 2. The lowest BCUT2D eigenvalue weighted by Gasteiger charge is -2.06. The van der Waals surface area contributed by atoms with E-state index in [1.165, 1.54) is 0 Å². The van der Waals surface area contributed by atoms with Crippen molar-refractivity contribution in [2.45, 2.75) is 39.0 Å². The van der Waals surface area contributed by atoms with E-state index in [2.05, 4.69) is 4.52 Å². The van der Waals surface area contributed by atoms with Crippen molar-refractivity contribution in [2.75, 3.05) is 13.2 Å². The molecule has 0 aliphatic heterocycles. The quantitative estimate of drug-likeness (QED) is 0.369. The number of carbonyl (C=O) groups excluding carboxylic acids is 1. The molecule has 0 heterocycles. The number of phosphoric ester groups is 1. The van der Waals surface area contributed by atoms with Crippen molar-refractivity contribution in [3.8, 4) is 0 Å². The Bertz CT molecular complexity index is 236. The van der Waals surface area contributed by atoms with Crippen molar-refractivity contribution in [1.29, 1.82) is 0 Å². The van der Waals surface area contributed by atoms with E-state index in [0.29, 0.717) is 6.42 Å². The predicted octanol–water partition coefficient (Wildman–Crippen LogP) is 1.61. The summed E-state index contributed by atoms with van der Waals surface area (Å²) in [6, 6.07) is 0. The summed E-state index contributed by atoms with van der Waals surface area (Å²) in [4.78, 5) is 27.8. The first-order valence-corrected chi connectivity index (χ1v) is 6.84. The monoisotopic (exact) mass is 254 g/mol. The Kier molecular flexibility index (Phi) is 8.47. The molecule has 0 saturated carbocycles. The first-order valence-electron chi connectivity index (χ1n) is 5.31. The van der Waals surface area contributed by atoms with Gasteiger partial charge >= 0.3 is 13.8 Å². The van der Waals surface area contributed by atoms with Gasteiger partial charge in [-0.15, -0.1) is 0 Å². The lowest BCUT2D eigenvalue weighted by molar-refractivity contribution is -0.144. The van der Waals surface area contributed by atoms with Crippen molar-refractivity contribution >= 4 is 13.8 Å². The number of esters is 1. The van der Waals surface area contributed by atoms with Crippen LogP contribution in [0.3, 0.4) is 0 Å². The van der Waals surface area contributed by atoms with Gasteiger partial charge in [-0.25, -0.2) is 4.57 Å². The molecule has 96 valence electrons. The van der Waals surface area contributed by atoms with Crippen LogP contribution in [-0.4, -0.2) is 29.0 Å². The Balaban J connectivity index is 3.31. The third kappa shape index (κ3) is 11.7. The van der Waals surface area contributed by atoms with E-state index in [9.17, 15) is 9.36 Å². The summed E-state index contributed by atoms with van der Waals surface area (Å²) >= 11 is 0. The summed E-state index contributed by atoms with van der Waals surface area (Å²) < 4.78 is 19.3. The van der Waals surface area contributed by atoms with Crippen LogP contribution in [0.4, 0.5) is 0 Å². The Morgan fingerprint density at radius 2 is 1.88 bits per heavy atom. The molecule has 0 bridgehead atoms. The zero-order valence-corrected chi connectivity index (χ0v) is 10.3. The maximum Gasteiger partial charge on any atom is 0.469 e. The van der Waals surface area contributed by atoms with Gasteiger partial charge in [-0.2, -0.15) is 0 Å². The Morgan fingerprint density at radius 1 is 1.19 bits per heavy atom. The van der Waals surface area contributed by atoms with E-state index in [-0.39, 0.29) is 25.6 Å². The van der Waals surface area contributed by atoms with Crippen LogP contribution in [0, 0.1) is 0 Å². The van der Waals surface area contributed by atoms with Crippen molar-refractivity contribution in [1.82, 2.24) is 0 Å². The van der Waals surface area contributed by atoms with Crippen LogP contribution < -0.4 is 0 Å². The van der Waals surface area contributed by atoms with Crippen molar-refractivity contribution in [3.63, 3.8) is 0 Å². The fourth-order valence-electron chi connectivity index (χ4n) is 1.02. The highest BCUT2D eigenvalue weighted by atomic mass is 31.2. The summed E-state index contributed by atoms with van der Waals surface area (Å²) in [7, 11) is -4.39. The second-order valence-corrected chi connectivity index (χ2v) is 4.59. The first kappa shape index (κ1) is 15.6. The van der Waals surface area contributed by atoms with Crippen LogP contribution in [0.25, 0.3) is 0 Å². The van der Waals surface area contributed by atoms with Crippen LogP contribution in [0.1, 0.15) is 39.0 Å². The number of phosphoric acid groups is 1. The topological polar surface area (TPSA) is 93.1 Å². The van der Waals surface area contributed by atoms with Gasteiger partial charge in [-0.05, 0) is 6.42 Å². The van der Waals surface area contributed by atoms with E-state index >= 15 is 0 Å². The number of rotatable bonds is 9. The Hall–Kier alpha value is -0.420. The average molecular weight is 254 g/mol. The Labute approximate surface area is 95.2 Å². The first-order chi connectivity index (χ1) is 7.45. The fraction of sp³-hybridized carbons (Fsp3) is 0.889. The molecule has 7 heteroatoms. The van der Waals surface area contributed by atoms with E-state index < -0.39 is 7.82 Å². The molecule has 16 heavy (non-hydrogen) atoms. The molecule has 0 amide bonds. The molecule has 0 spiro atoms. The van der Waals surface area contributed by atoms with Crippen molar-refractivity contribution in [3.05, 3.63) is 0 Å². The van der Waals surface area contributed by atoms with Gasteiger partial charge in [-0.3, -0.25) is 9.32 Å². The Morgan fingerprint density at radius 3 is 2.44 bits per heavy atom. The number of hydrogen-bond acceptors (Lipinski definition) is 4. The molecule has 0 aromatic heterocycles. The summed E-state index contributed by atoms with van der Waals surface area (Å²) in [6.07, 6.45) is 3.53. The number of ether oxygens (including phenoxy) is 1. The van der Waals surface area contributed by atoms with Gasteiger partial charge < -0.3 is 14.5 Å². The molecule has 6 nitrogen and oxygen atoms in total. The van der Waals surface area contributed by atoms with Gasteiger partial charge in [0.25, 0.3) is 0 Å². The normalized spacial score (nSPS) is 11.4. The minimum Gasteiger partial charge on any atom is -0.466 e. The summed E-state index contributed by atoms with van der Waals surface area (Å²) in [5, 5.41) is 0. The molecule has 0 aliphatic carbocycles. The smallest absolute Gasteiger partial charge is 0.466 e. The molecule has 0 radical (unpaired) electrons. The minimum atomic E-state index is -4.39. The molecule has 0 aromatic carbocycles. The molecular formula is C9H19O6P. The van der Waals surface area contributed by atoms with Crippen LogP contribution in [0.2, 0.25) is 0 Å². The van der Waals surface area contributed by atoms with Gasteiger partial charge in [0.1, 0.15) is 0 Å². The highest BCUT2D eigenvalue weighted by Gasteiger charge is 2.12.